The van der Waals surface area contributed by atoms with Gasteiger partial charge in [-0.05, 0) is 24.3 Å². The third-order valence-corrected chi connectivity index (χ3v) is 5.75. The van der Waals surface area contributed by atoms with Crippen molar-refractivity contribution in [3.05, 3.63) is 63.7 Å². The molecule has 0 unspecified atom stereocenters. The van der Waals surface area contributed by atoms with E-state index in [9.17, 15) is 14.9 Å². The van der Waals surface area contributed by atoms with Crippen LogP contribution >= 0.6 is 11.8 Å². The van der Waals surface area contributed by atoms with E-state index in [4.69, 9.17) is 4.74 Å². The standard InChI is InChI=1S/C21H23N5O4S/c1-3-11-30-17-10-9-13(26(28)29)12-15(17)19-22-16-8-6-5-7-14(16)18-20(27)23-21(31-4-2)24-25(18)19/h5-10,12,18-19,22H,3-4,11H2,1-2H3,(H,23,24,27)/t18-,19+/m0/s1. The number of carbonyl (C=O) groups excluding carboxylic acids is 1. The summed E-state index contributed by atoms with van der Waals surface area (Å²) < 4.78 is 5.90. The van der Waals surface area contributed by atoms with Gasteiger partial charge in [0, 0.05) is 28.9 Å². The van der Waals surface area contributed by atoms with Crippen LogP contribution in [0, 0.1) is 10.1 Å². The van der Waals surface area contributed by atoms with Gasteiger partial charge in [-0.1, -0.05) is 43.8 Å². The Bertz CT molecular complexity index is 1040. The normalized spacial score (nSPS) is 19.5. The van der Waals surface area contributed by atoms with Crippen LogP contribution < -0.4 is 15.4 Å². The van der Waals surface area contributed by atoms with Crippen molar-refractivity contribution in [3.8, 4) is 5.75 Å². The lowest BCUT2D eigenvalue weighted by Crippen LogP contribution is -2.51. The third-order valence-electron chi connectivity index (χ3n) is 5.00. The van der Waals surface area contributed by atoms with Crippen LogP contribution in [0.1, 0.15) is 43.6 Å². The maximum atomic E-state index is 13.1. The Balaban J connectivity index is 1.87. The molecule has 2 aliphatic rings. The molecule has 2 aliphatic heterocycles. The SMILES string of the molecule is CCCOc1ccc([N+](=O)[O-])cc1[C@@H]1Nc2ccccc2[C@H]2C(=O)NC(SCC)=NN21. The molecule has 0 fully saturated rings. The number of amidine groups is 1. The van der Waals surface area contributed by atoms with E-state index < -0.39 is 17.1 Å². The molecule has 2 atom stereocenters. The molecule has 10 heteroatoms. The molecule has 0 spiro atoms. The number of ether oxygens (including phenoxy) is 1. The Kier molecular flexibility index (Phi) is 5.99. The molecule has 162 valence electrons. The molecule has 9 nitrogen and oxygen atoms in total. The van der Waals surface area contributed by atoms with Gasteiger partial charge in [0.15, 0.2) is 11.2 Å². The fourth-order valence-electron chi connectivity index (χ4n) is 3.68. The lowest BCUT2D eigenvalue weighted by Gasteiger charge is -2.43. The van der Waals surface area contributed by atoms with Crippen molar-refractivity contribution in [3.63, 3.8) is 0 Å². The molecule has 0 aliphatic carbocycles. The first-order chi connectivity index (χ1) is 15.0. The number of hydrazone groups is 1. The summed E-state index contributed by atoms with van der Waals surface area (Å²) in [5, 5.41) is 24.6. The second kappa shape index (κ2) is 8.84. The molecule has 0 radical (unpaired) electrons. The van der Waals surface area contributed by atoms with E-state index in [0.717, 1.165) is 23.4 Å². The first-order valence-corrected chi connectivity index (χ1v) is 11.1. The number of anilines is 1. The molecule has 1 amide bonds. The van der Waals surface area contributed by atoms with Gasteiger partial charge in [-0.3, -0.25) is 19.9 Å². The van der Waals surface area contributed by atoms with Crippen molar-refractivity contribution < 1.29 is 14.5 Å². The number of para-hydroxylation sites is 1. The molecular formula is C21H23N5O4S. The minimum Gasteiger partial charge on any atom is -0.493 e. The van der Waals surface area contributed by atoms with Crippen LogP contribution in [-0.4, -0.2) is 33.4 Å². The third kappa shape index (κ3) is 4.02. The van der Waals surface area contributed by atoms with Crippen LogP contribution in [0.3, 0.4) is 0 Å². The summed E-state index contributed by atoms with van der Waals surface area (Å²) in [5.74, 6) is 1.08. The summed E-state index contributed by atoms with van der Waals surface area (Å²) in [6.07, 6.45) is 0.173. The number of nitrogens with zero attached hydrogens (tertiary/aromatic N) is 3. The quantitative estimate of drug-likeness (QED) is 0.515. The molecule has 0 bridgehead atoms. The van der Waals surface area contributed by atoms with Gasteiger partial charge in [0.05, 0.1) is 11.5 Å². The van der Waals surface area contributed by atoms with Gasteiger partial charge >= 0.3 is 0 Å². The molecule has 0 saturated heterocycles. The second-order valence-corrected chi connectivity index (χ2v) is 8.32. The predicted molar refractivity (Wildman–Crippen MR) is 120 cm³/mol. The zero-order valence-corrected chi connectivity index (χ0v) is 18.0. The molecule has 0 aromatic heterocycles. The Morgan fingerprint density at radius 1 is 1.23 bits per heavy atom. The summed E-state index contributed by atoms with van der Waals surface area (Å²) in [6, 6.07) is 11.4. The molecule has 2 N–H and O–H groups in total. The van der Waals surface area contributed by atoms with E-state index in [1.807, 2.05) is 38.1 Å². The highest BCUT2D eigenvalue weighted by Crippen LogP contribution is 2.45. The number of nitro groups is 1. The van der Waals surface area contributed by atoms with Crippen LogP contribution in [0.2, 0.25) is 0 Å². The minimum atomic E-state index is -0.665. The lowest BCUT2D eigenvalue weighted by molar-refractivity contribution is -0.385. The van der Waals surface area contributed by atoms with E-state index in [2.05, 4.69) is 15.7 Å². The fraction of sp³-hybridized carbons (Fsp3) is 0.333. The van der Waals surface area contributed by atoms with Crippen LogP contribution in [0.5, 0.6) is 5.75 Å². The number of hydrogen-bond acceptors (Lipinski definition) is 8. The van der Waals surface area contributed by atoms with Gasteiger partial charge < -0.3 is 15.4 Å². The zero-order chi connectivity index (χ0) is 22.0. The van der Waals surface area contributed by atoms with Crippen molar-refractivity contribution in [2.24, 2.45) is 5.10 Å². The summed E-state index contributed by atoms with van der Waals surface area (Å²) in [4.78, 5) is 24.1. The second-order valence-electron chi connectivity index (χ2n) is 7.07. The molecule has 4 rings (SSSR count). The molecule has 0 saturated carbocycles. The van der Waals surface area contributed by atoms with E-state index in [-0.39, 0.29) is 11.6 Å². The predicted octanol–water partition coefficient (Wildman–Crippen LogP) is 4.00. The number of carbonyl (C=O) groups is 1. The van der Waals surface area contributed by atoms with Crippen molar-refractivity contribution in [1.29, 1.82) is 0 Å². The van der Waals surface area contributed by atoms with E-state index in [0.29, 0.717) is 23.1 Å². The molecular weight excluding hydrogens is 418 g/mol. The number of nitrogens with one attached hydrogen (secondary N) is 2. The summed E-state index contributed by atoms with van der Waals surface area (Å²) >= 11 is 1.43. The van der Waals surface area contributed by atoms with Gasteiger partial charge in [-0.2, -0.15) is 0 Å². The smallest absolute Gasteiger partial charge is 0.270 e. The van der Waals surface area contributed by atoms with Crippen molar-refractivity contribution >= 4 is 34.2 Å². The maximum Gasteiger partial charge on any atom is 0.270 e. The van der Waals surface area contributed by atoms with Crippen LogP contribution in [-0.2, 0) is 4.79 Å². The summed E-state index contributed by atoms with van der Waals surface area (Å²) in [7, 11) is 0. The highest BCUT2D eigenvalue weighted by atomic mass is 32.2. The van der Waals surface area contributed by atoms with Gasteiger partial charge in [0.2, 0.25) is 0 Å². The van der Waals surface area contributed by atoms with Gasteiger partial charge in [0.1, 0.15) is 11.9 Å². The number of fused-ring (bicyclic) bond motifs is 3. The number of hydrogen-bond donors (Lipinski definition) is 2. The van der Waals surface area contributed by atoms with E-state index in [1.54, 1.807) is 11.1 Å². The van der Waals surface area contributed by atoms with Gasteiger partial charge in [0.25, 0.3) is 11.6 Å². The van der Waals surface area contributed by atoms with Crippen molar-refractivity contribution in [2.75, 3.05) is 17.7 Å². The monoisotopic (exact) mass is 441 g/mol. The highest BCUT2D eigenvalue weighted by Gasteiger charge is 2.43. The number of nitro benzene ring substituents is 1. The minimum absolute atomic E-state index is 0.0512. The molecule has 2 aromatic rings. The maximum absolute atomic E-state index is 13.1. The van der Waals surface area contributed by atoms with Crippen LogP contribution in [0.15, 0.2) is 47.6 Å². The Morgan fingerprint density at radius 3 is 2.77 bits per heavy atom. The number of non-ortho nitro benzene ring substituents is 1. The lowest BCUT2D eigenvalue weighted by atomic mass is 9.96. The summed E-state index contributed by atoms with van der Waals surface area (Å²) in [6.45, 7) is 4.44. The Hall–Kier alpha value is -3.27. The average Bonchev–Trinajstić information content (AvgIpc) is 2.77. The van der Waals surface area contributed by atoms with Crippen molar-refractivity contribution in [2.45, 2.75) is 32.5 Å². The molecule has 2 heterocycles. The van der Waals surface area contributed by atoms with E-state index >= 15 is 0 Å². The molecule has 2 aromatic carbocycles. The van der Waals surface area contributed by atoms with Crippen molar-refractivity contribution in [1.82, 2.24) is 10.3 Å². The van der Waals surface area contributed by atoms with Gasteiger partial charge in [-0.25, -0.2) is 0 Å². The summed E-state index contributed by atoms with van der Waals surface area (Å²) in [5.41, 5.74) is 2.08. The largest absolute Gasteiger partial charge is 0.493 e. The topological polar surface area (TPSA) is 109 Å². The number of amides is 1. The first kappa shape index (κ1) is 21.0. The fourth-order valence-corrected chi connectivity index (χ4v) is 4.28. The highest BCUT2D eigenvalue weighted by molar-refractivity contribution is 8.13. The first-order valence-electron chi connectivity index (χ1n) is 10.1. The Morgan fingerprint density at radius 2 is 2.03 bits per heavy atom. The van der Waals surface area contributed by atoms with Gasteiger partial charge in [-0.15, -0.1) is 5.10 Å². The average molecular weight is 442 g/mol. The zero-order valence-electron chi connectivity index (χ0n) is 17.2. The number of benzene rings is 2. The van der Waals surface area contributed by atoms with Crippen LogP contribution in [0.4, 0.5) is 11.4 Å². The van der Waals surface area contributed by atoms with Crippen LogP contribution in [0.25, 0.3) is 0 Å². The number of thioether (sulfide) groups is 1. The number of rotatable bonds is 6. The van der Waals surface area contributed by atoms with E-state index in [1.165, 1.54) is 23.9 Å². The molecule has 31 heavy (non-hydrogen) atoms. The Labute approximate surface area is 184 Å².